The summed E-state index contributed by atoms with van der Waals surface area (Å²) in [6.07, 6.45) is 1.63. The molecule has 0 unspecified atom stereocenters. The first kappa shape index (κ1) is 16.7. The van der Waals surface area contributed by atoms with Crippen LogP contribution >= 0.6 is 23.2 Å². The number of amides is 1. The van der Waals surface area contributed by atoms with Crippen molar-refractivity contribution >= 4 is 50.5 Å². The predicted octanol–water partition coefficient (Wildman–Crippen LogP) is 3.63. The number of rotatable bonds is 3. The lowest BCUT2D eigenvalue weighted by atomic mass is 10.00. The molecule has 2 aliphatic rings. The van der Waals surface area contributed by atoms with Crippen molar-refractivity contribution in [2.75, 3.05) is 16.2 Å². The van der Waals surface area contributed by atoms with Crippen molar-refractivity contribution < 1.29 is 13.2 Å². The molecule has 0 radical (unpaired) electrons. The van der Waals surface area contributed by atoms with Crippen molar-refractivity contribution in [2.24, 2.45) is 0 Å². The molecule has 4 rings (SSSR count). The zero-order valence-corrected chi connectivity index (χ0v) is 15.4. The van der Waals surface area contributed by atoms with Gasteiger partial charge in [-0.3, -0.25) is 9.52 Å². The van der Waals surface area contributed by atoms with Gasteiger partial charge < -0.3 is 4.90 Å². The molecule has 0 spiro atoms. The molecule has 2 heterocycles. The molecule has 0 bridgehead atoms. The summed E-state index contributed by atoms with van der Waals surface area (Å²) in [6, 6.07) is 7.87. The van der Waals surface area contributed by atoms with Crippen molar-refractivity contribution in [3.05, 3.63) is 51.5 Å². The zero-order chi connectivity index (χ0) is 17.8. The molecule has 2 aliphatic heterocycles. The monoisotopic (exact) mass is 396 g/mol. The Morgan fingerprint density at radius 2 is 1.72 bits per heavy atom. The molecule has 0 saturated heterocycles. The number of sulfonamides is 1. The van der Waals surface area contributed by atoms with Crippen molar-refractivity contribution in [1.82, 2.24) is 0 Å². The SMILES string of the molecule is O=C1CCc2cc(S(=O)(=O)Nc3ccc(Cl)cc3Cl)cc3c2N1CC3. The van der Waals surface area contributed by atoms with Crippen LogP contribution in [-0.2, 0) is 27.7 Å². The molecule has 0 atom stereocenters. The lowest BCUT2D eigenvalue weighted by Gasteiger charge is -2.25. The summed E-state index contributed by atoms with van der Waals surface area (Å²) in [5.74, 6) is 0.105. The Kier molecular flexibility index (Phi) is 3.94. The van der Waals surface area contributed by atoms with E-state index < -0.39 is 10.0 Å². The van der Waals surface area contributed by atoms with E-state index in [4.69, 9.17) is 23.2 Å². The average Bonchev–Trinajstić information content (AvgIpc) is 2.99. The van der Waals surface area contributed by atoms with Crippen LogP contribution in [0.4, 0.5) is 11.4 Å². The highest BCUT2D eigenvalue weighted by atomic mass is 35.5. The fourth-order valence-electron chi connectivity index (χ4n) is 3.36. The third kappa shape index (κ3) is 2.88. The summed E-state index contributed by atoms with van der Waals surface area (Å²) in [7, 11) is -3.79. The molecule has 25 heavy (non-hydrogen) atoms. The number of carbonyl (C=O) groups is 1. The highest BCUT2D eigenvalue weighted by molar-refractivity contribution is 7.92. The number of anilines is 2. The molecule has 130 valence electrons. The largest absolute Gasteiger partial charge is 0.312 e. The Hall–Kier alpha value is -1.76. The zero-order valence-electron chi connectivity index (χ0n) is 13.1. The normalized spacial score (nSPS) is 16.1. The molecule has 0 fully saturated rings. The van der Waals surface area contributed by atoms with Crippen LogP contribution in [0.1, 0.15) is 17.5 Å². The first-order chi connectivity index (χ1) is 11.8. The van der Waals surface area contributed by atoms with E-state index in [1.165, 1.54) is 12.1 Å². The maximum atomic E-state index is 12.8. The van der Waals surface area contributed by atoms with Crippen LogP contribution < -0.4 is 9.62 Å². The van der Waals surface area contributed by atoms with Crippen molar-refractivity contribution in [3.63, 3.8) is 0 Å². The van der Waals surface area contributed by atoms with Gasteiger partial charge in [0.2, 0.25) is 5.91 Å². The summed E-state index contributed by atoms with van der Waals surface area (Å²) < 4.78 is 28.1. The van der Waals surface area contributed by atoms with E-state index >= 15 is 0 Å². The minimum absolute atomic E-state index is 0.105. The van der Waals surface area contributed by atoms with Crippen LogP contribution in [0.2, 0.25) is 10.0 Å². The van der Waals surface area contributed by atoms with Crippen molar-refractivity contribution in [2.45, 2.75) is 24.2 Å². The molecular weight excluding hydrogens is 383 g/mol. The van der Waals surface area contributed by atoms with Gasteiger partial charge in [0.15, 0.2) is 0 Å². The molecule has 2 aromatic carbocycles. The topological polar surface area (TPSA) is 66.5 Å². The number of nitrogens with zero attached hydrogens (tertiary/aromatic N) is 1. The lowest BCUT2D eigenvalue weighted by Crippen LogP contribution is -2.33. The molecule has 0 aliphatic carbocycles. The Morgan fingerprint density at radius 1 is 1.00 bits per heavy atom. The average molecular weight is 397 g/mol. The fourth-order valence-corrected chi connectivity index (χ4v) is 5.05. The third-order valence-electron chi connectivity index (χ3n) is 4.51. The van der Waals surface area contributed by atoms with Gasteiger partial charge in [-0.15, -0.1) is 0 Å². The Labute approximate surface area is 155 Å². The van der Waals surface area contributed by atoms with Gasteiger partial charge in [0.25, 0.3) is 10.0 Å². The molecule has 0 aromatic heterocycles. The minimum Gasteiger partial charge on any atom is -0.312 e. The van der Waals surface area contributed by atoms with E-state index in [1.54, 1.807) is 23.1 Å². The van der Waals surface area contributed by atoms with Crippen LogP contribution in [0.3, 0.4) is 0 Å². The van der Waals surface area contributed by atoms with E-state index in [-0.39, 0.29) is 21.5 Å². The number of aryl methyl sites for hydroxylation is 1. The van der Waals surface area contributed by atoms with Gasteiger partial charge in [0.1, 0.15) is 0 Å². The summed E-state index contributed by atoms with van der Waals surface area (Å²) in [6.45, 7) is 0.612. The quantitative estimate of drug-likeness (QED) is 0.860. The second kappa shape index (κ2) is 5.90. The number of benzene rings is 2. The molecule has 8 heteroatoms. The van der Waals surface area contributed by atoms with Gasteiger partial charge in [-0.1, -0.05) is 23.2 Å². The van der Waals surface area contributed by atoms with Gasteiger partial charge in [-0.25, -0.2) is 8.42 Å². The Morgan fingerprint density at radius 3 is 2.44 bits per heavy atom. The predicted molar refractivity (Wildman–Crippen MR) is 98.1 cm³/mol. The summed E-state index contributed by atoms with van der Waals surface area (Å²) in [5, 5.41) is 0.662. The first-order valence-corrected chi connectivity index (χ1v) is 10.0. The van der Waals surface area contributed by atoms with Crippen LogP contribution in [0, 0.1) is 0 Å². The van der Waals surface area contributed by atoms with E-state index in [0.717, 1.165) is 16.8 Å². The standard InChI is InChI=1S/C17H14Cl2N2O3S/c18-12-2-3-15(14(19)9-12)20-25(23,24)13-7-10-1-4-16(22)21-6-5-11(8-13)17(10)21/h2-3,7-9,20H,1,4-6H2. The minimum atomic E-state index is -3.79. The van der Waals surface area contributed by atoms with E-state index in [9.17, 15) is 13.2 Å². The number of nitrogens with one attached hydrogen (secondary N) is 1. The maximum absolute atomic E-state index is 12.8. The Bertz CT molecular complexity index is 1010. The molecular formula is C17H14Cl2N2O3S. The van der Waals surface area contributed by atoms with Crippen molar-refractivity contribution in [3.8, 4) is 0 Å². The first-order valence-electron chi connectivity index (χ1n) is 7.79. The van der Waals surface area contributed by atoms with Crippen molar-refractivity contribution in [1.29, 1.82) is 0 Å². The summed E-state index contributed by atoms with van der Waals surface area (Å²) in [5.41, 5.74) is 2.96. The van der Waals surface area contributed by atoms with E-state index in [2.05, 4.69) is 4.72 Å². The van der Waals surface area contributed by atoms with Crippen LogP contribution in [0.25, 0.3) is 0 Å². The summed E-state index contributed by atoms with van der Waals surface area (Å²) in [4.78, 5) is 13.9. The highest BCUT2D eigenvalue weighted by Gasteiger charge is 2.33. The third-order valence-corrected chi connectivity index (χ3v) is 6.40. The van der Waals surface area contributed by atoms with Crippen LogP contribution in [0.5, 0.6) is 0 Å². The molecule has 1 N–H and O–H groups in total. The maximum Gasteiger partial charge on any atom is 0.261 e. The van der Waals surface area contributed by atoms with Gasteiger partial charge in [0.05, 0.1) is 21.3 Å². The number of hydrogen-bond acceptors (Lipinski definition) is 3. The smallest absolute Gasteiger partial charge is 0.261 e. The van der Waals surface area contributed by atoms with Crippen LogP contribution in [-0.4, -0.2) is 20.9 Å². The molecule has 0 saturated carbocycles. The summed E-state index contributed by atoms with van der Waals surface area (Å²) >= 11 is 11.9. The molecule has 2 aromatic rings. The van der Waals surface area contributed by atoms with Gasteiger partial charge in [0, 0.05) is 18.0 Å². The van der Waals surface area contributed by atoms with Gasteiger partial charge in [-0.2, -0.15) is 0 Å². The molecule has 5 nitrogen and oxygen atoms in total. The fraction of sp³-hybridized carbons (Fsp3) is 0.235. The van der Waals surface area contributed by atoms with Gasteiger partial charge in [-0.05, 0) is 54.3 Å². The van der Waals surface area contributed by atoms with E-state index in [0.29, 0.717) is 30.8 Å². The number of hydrogen-bond donors (Lipinski definition) is 1. The lowest BCUT2D eigenvalue weighted by molar-refractivity contribution is -0.118. The van der Waals surface area contributed by atoms with Crippen LogP contribution in [0.15, 0.2) is 35.2 Å². The molecule has 1 amide bonds. The van der Waals surface area contributed by atoms with Gasteiger partial charge >= 0.3 is 0 Å². The number of halogens is 2. The second-order valence-electron chi connectivity index (χ2n) is 6.12. The number of carbonyl (C=O) groups excluding carboxylic acids is 1. The van der Waals surface area contributed by atoms with E-state index in [1.807, 2.05) is 0 Å². The highest BCUT2D eigenvalue weighted by Crippen LogP contribution is 2.39. The second-order valence-corrected chi connectivity index (χ2v) is 8.64. The Balaban J connectivity index is 1.73.